The van der Waals surface area contributed by atoms with Gasteiger partial charge in [-0.25, -0.2) is 0 Å². The molecule has 0 aliphatic heterocycles. The van der Waals surface area contributed by atoms with E-state index in [1.54, 1.807) is 11.9 Å². The van der Waals surface area contributed by atoms with E-state index in [4.69, 9.17) is 5.73 Å². The lowest BCUT2D eigenvalue weighted by Gasteiger charge is -2.33. The predicted octanol–water partition coefficient (Wildman–Crippen LogP) is 2.82. The Balaban J connectivity index is 2.01. The maximum absolute atomic E-state index is 12.4. The molecule has 0 bridgehead atoms. The van der Waals surface area contributed by atoms with Crippen molar-refractivity contribution in [3.8, 4) is 0 Å². The number of benzene rings is 1. The predicted molar refractivity (Wildman–Crippen MR) is 96.5 cm³/mol. The summed E-state index contributed by atoms with van der Waals surface area (Å²) in [5.41, 5.74) is 5.03. The molecule has 1 aliphatic carbocycles. The minimum atomic E-state index is -0.720. The average molecular weight is 365 g/mol. The molecule has 8 heteroatoms. The van der Waals surface area contributed by atoms with E-state index in [9.17, 15) is 19.7 Å². The Morgan fingerprint density at radius 3 is 2.52 bits per heavy atom. The molecular weight excluding hydrogens is 342 g/mol. The maximum atomic E-state index is 12.4. The summed E-state index contributed by atoms with van der Waals surface area (Å²) in [7, 11) is 1.80. The number of rotatable bonds is 6. The van der Waals surface area contributed by atoms with Crippen molar-refractivity contribution in [2.45, 2.75) is 43.5 Å². The molecule has 0 saturated heterocycles. The van der Waals surface area contributed by atoms with Crippen molar-refractivity contribution in [2.75, 3.05) is 12.8 Å². The molecule has 1 aromatic rings. The third-order valence-corrected chi connectivity index (χ3v) is 5.77. The van der Waals surface area contributed by atoms with Crippen molar-refractivity contribution in [2.24, 2.45) is 11.7 Å². The zero-order valence-corrected chi connectivity index (χ0v) is 15.3. The molecule has 2 rings (SSSR count). The number of primary amides is 1. The Bertz CT molecular complexity index is 672. The van der Waals surface area contributed by atoms with Gasteiger partial charge in [0.2, 0.25) is 11.8 Å². The fraction of sp³-hybridized carbons (Fsp3) is 0.529. The van der Waals surface area contributed by atoms with Crippen LogP contribution in [0.15, 0.2) is 23.1 Å². The average Bonchev–Trinajstić information content (AvgIpc) is 2.59. The Morgan fingerprint density at radius 2 is 1.96 bits per heavy atom. The molecule has 1 saturated carbocycles. The topological polar surface area (TPSA) is 107 Å². The quantitative estimate of drug-likeness (QED) is 0.474. The van der Waals surface area contributed by atoms with Gasteiger partial charge in [0, 0.05) is 24.7 Å². The maximum Gasteiger partial charge on any atom is 0.283 e. The SMILES string of the molecule is CC1CCC(N(C)C(=O)CSc2ccc(C(N)=O)cc2[N+](=O)[O-])CC1. The van der Waals surface area contributed by atoms with E-state index in [-0.39, 0.29) is 29.0 Å². The zero-order valence-electron chi connectivity index (χ0n) is 14.4. The van der Waals surface area contributed by atoms with Gasteiger partial charge in [-0.1, -0.05) is 6.92 Å². The minimum Gasteiger partial charge on any atom is -0.366 e. The fourth-order valence-electron chi connectivity index (χ4n) is 3.01. The van der Waals surface area contributed by atoms with Gasteiger partial charge in [0.15, 0.2) is 0 Å². The van der Waals surface area contributed by atoms with Crippen LogP contribution in [0.1, 0.15) is 43.0 Å². The molecule has 0 radical (unpaired) electrons. The number of nitro benzene ring substituents is 1. The molecule has 0 unspecified atom stereocenters. The number of hydrogen-bond donors (Lipinski definition) is 1. The van der Waals surface area contributed by atoms with Gasteiger partial charge in [-0.3, -0.25) is 19.7 Å². The number of nitro groups is 1. The van der Waals surface area contributed by atoms with Gasteiger partial charge in [0.05, 0.1) is 15.6 Å². The van der Waals surface area contributed by atoms with Gasteiger partial charge in [-0.2, -0.15) is 0 Å². The van der Waals surface area contributed by atoms with E-state index in [2.05, 4.69) is 6.92 Å². The second-order valence-electron chi connectivity index (χ2n) is 6.51. The number of carbonyl (C=O) groups is 2. The smallest absolute Gasteiger partial charge is 0.283 e. The molecule has 2 amide bonds. The van der Waals surface area contributed by atoms with Gasteiger partial charge in [0.25, 0.3) is 5.69 Å². The lowest BCUT2D eigenvalue weighted by atomic mass is 9.87. The number of thioether (sulfide) groups is 1. The molecule has 25 heavy (non-hydrogen) atoms. The zero-order chi connectivity index (χ0) is 18.6. The van der Waals surface area contributed by atoms with E-state index < -0.39 is 10.8 Å². The van der Waals surface area contributed by atoms with Crippen LogP contribution in [0.25, 0.3) is 0 Å². The van der Waals surface area contributed by atoms with Crippen LogP contribution < -0.4 is 5.73 Å². The minimum absolute atomic E-state index is 0.0437. The molecule has 0 aromatic heterocycles. The summed E-state index contributed by atoms with van der Waals surface area (Å²) < 4.78 is 0. The first-order chi connectivity index (χ1) is 11.8. The van der Waals surface area contributed by atoms with E-state index in [1.165, 1.54) is 12.1 Å². The van der Waals surface area contributed by atoms with Crippen molar-refractivity contribution in [1.29, 1.82) is 0 Å². The van der Waals surface area contributed by atoms with Gasteiger partial charge >= 0.3 is 0 Å². The molecule has 0 heterocycles. The van der Waals surface area contributed by atoms with Gasteiger partial charge < -0.3 is 10.6 Å². The molecule has 2 N–H and O–H groups in total. The van der Waals surface area contributed by atoms with Crippen LogP contribution in [0, 0.1) is 16.0 Å². The Labute approximate surface area is 151 Å². The summed E-state index contributed by atoms with van der Waals surface area (Å²) in [5, 5.41) is 11.2. The summed E-state index contributed by atoms with van der Waals surface area (Å²) in [6, 6.07) is 4.31. The number of nitrogens with two attached hydrogens (primary N) is 1. The number of amides is 2. The first-order valence-electron chi connectivity index (χ1n) is 8.26. The Morgan fingerprint density at radius 1 is 1.32 bits per heavy atom. The molecule has 7 nitrogen and oxygen atoms in total. The summed E-state index contributed by atoms with van der Waals surface area (Å²) in [5.74, 6) is 0.0691. The second-order valence-corrected chi connectivity index (χ2v) is 7.53. The van der Waals surface area contributed by atoms with E-state index in [0.717, 1.165) is 43.5 Å². The standard InChI is InChI=1S/C17H23N3O4S/c1-11-3-6-13(7-4-11)19(2)16(21)10-25-15-8-5-12(17(18)22)9-14(15)20(23)24/h5,8-9,11,13H,3-4,6-7,10H2,1-2H3,(H2,18,22). The summed E-state index contributed by atoms with van der Waals surface area (Å²) in [4.78, 5) is 36.3. The van der Waals surface area contributed by atoms with E-state index >= 15 is 0 Å². The Hall–Kier alpha value is -2.09. The first-order valence-corrected chi connectivity index (χ1v) is 9.25. The Kier molecular flexibility index (Phi) is 6.41. The van der Waals surface area contributed by atoms with Crippen LogP contribution in [0.2, 0.25) is 0 Å². The van der Waals surface area contributed by atoms with Crippen molar-refractivity contribution >= 4 is 29.3 Å². The fourth-order valence-corrected chi connectivity index (χ4v) is 3.94. The number of carbonyl (C=O) groups excluding carboxylic acids is 2. The van der Waals surface area contributed by atoms with Crippen LogP contribution in [-0.2, 0) is 4.79 Å². The third kappa shape index (κ3) is 4.94. The summed E-state index contributed by atoms with van der Waals surface area (Å²) in [6.07, 6.45) is 4.24. The molecular formula is C17H23N3O4S. The second kappa shape index (κ2) is 8.33. The number of hydrogen-bond acceptors (Lipinski definition) is 5. The molecule has 1 fully saturated rings. The van der Waals surface area contributed by atoms with Crippen LogP contribution in [-0.4, -0.2) is 40.5 Å². The van der Waals surface area contributed by atoms with Crippen LogP contribution in [0.5, 0.6) is 0 Å². The highest BCUT2D eigenvalue weighted by molar-refractivity contribution is 8.00. The van der Waals surface area contributed by atoms with E-state index in [1.807, 2.05) is 0 Å². The summed E-state index contributed by atoms with van der Waals surface area (Å²) >= 11 is 1.11. The highest BCUT2D eigenvalue weighted by Gasteiger charge is 2.25. The molecule has 1 aromatic carbocycles. The van der Waals surface area contributed by atoms with Crippen LogP contribution in [0.3, 0.4) is 0 Å². The molecule has 136 valence electrons. The monoisotopic (exact) mass is 365 g/mol. The van der Waals surface area contributed by atoms with Gasteiger partial charge in [-0.05, 0) is 43.7 Å². The lowest BCUT2D eigenvalue weighted by molar-refractivity contribution is -0.387. The van der Waals surface area contributed by atoms with Gasteiger partial charge in [0.1, 0.15) is 0 Å². The molecule has 0 atom stereocenters. The normalized spacial score (nSPS) is 20.1. The van der Waals surface area contributed by atoms with Crippen molar-refractivity contribution in [1.82, 2.24) is 4.90 Å². The first kappa shape index (κ1) is 19.2. The van der Waals surface area contributed by atoms with Crippen LogP contribution >= 0.6 is 11.8 Å². The third-order valence-electron chi connectivity index (χ3n) is 4.72. The largest absolute Gasteiger partial charge is 0.366 e. The summed E-state index contributed by atoms with van der Waals surface area (Å²) in [6.45, 7) is 2.22. The highest BCUT2D eigenvalue weighted by atomic mass is 32.2. The highest BCUT2D eigenvalue weighted by Crippen LogP contribution is 2.31. The number of nitrogens with zero attached hydrogens (tertiary/aromatic N) is 2. The molecule has 0 spiro atoms. The molecule has 1 aliphatic rings. The van der Waals surface area contributed by atoms with E-state index in [0.29, 0.717) is 10.8 Å². The van der Waals surface area contributed by atoms with Gasteiger partial charge in [-0.15, -0.1) is 11.8 Å². The van der Waals surface area contributed by atoms with Crippen molar-refractivity contribution in [3.63, 3.8) is 0 Å². The lowest BCUT2D eigenvalue weighted by Crippen LogP contribution is -2.40. The van der Waals surface area contributed by atoms with Crippen molar-refractivity contribution in [3.05, 3.63) is 33.9 Å². The van der Waals surface area contributed by atoms with Crippen molar-refractivity contribution < 1.29 is 14.5 Å². The van der Waals surface area contributed by atoms with Crippen LogP contribution in [0.4, 0.5) is 5.69 Å².